The van der Waals surface area contributed by atoms with Crippen LogP contribution in [0.3, 0.4) is 0 Å². The SMILES string of the molecule is NS(=O)(=O)c1cccc(S(=O)(=O)N[C@H](c2ccccc2)C2CC2)c1. The van der Waals surface area contributed by atoms with Crippen molar-refractivity contribution in [2.75, 3.05) is 0 Å². The number of nitrogens with two attached hydrogens (primary N) is 1. The number of primary sulfonamides is 1. The summed E-state index contributed by atoms with van der Waals surface area (Å²) >= 11 is 0. The van der Waals surface area contributed by atoms with Crippen LogP contribution in [0, 0.1) is 5.92 Å². The quantitative estimate of drug-likeness (QED) is 0.812. The summed E-state index contributed by atoms with van der Waals surface area (Å²) in [6, 6.07) is 14.1. The first-order chi connectivity index (χ1) is 11.3. The fourth-order valence-corrected chi connectivity index (χ4v) is 4.55. The second-order valence-corrected chi connectivity index (χ2v) is 9.14. The van der Waals surface area contributed by atoms with Gasteiger partial charge in [0.1, 0.15) is 0 Å². The third kappa shape index (κ3) is 3.84. The molecule has 6 nitrogen and oxygen atoms in total. The summed E-state index contributed by atoms with van der Waals surface area (Å²) in [4.78, 5) is -0.344. The van der Waals surface area contributed by atoms with Gasteiger partial charge in [0.2, 0.25) is 20.0 Å². The number of benzene rings is 2. The van der Waals surface area contributed by atoms with Gasteiger partial charge in [-0.2, -0.15) is 0 Å². The lowest BCUT2D eigenvalue weighted by atomic mass is 10.0. The minimum Gasteiger partial charge on any atom is -0.225 e. The summed E-state index contributed by atoms with van der Waals surface area (Å²) in [5.41, 5.74) is 0.895. The minimum atomic E-state index is -3.96. The highest BCUT2D eigenvalue weighted by molar-refractivity contribution is 7.90. The Kier molecular flexibility index (Phi) is 4.48. The molecule has 0 bridgehead atoms. The molecule has 0 saturated heterocycles. The van der Waals surface area contributed by atoms with Crippen LogP contribution in [0.2, 0.25) is 0 Å². The molecule has 24 heavy (non-hydrogen) atoms. The van der Waals surface area contributed by atoms with Gasteiger partial charge in [0.15, 0.2) is 0 Å². The lowest BCUT2D eigenvalue weighted by Crippen LogP contribution is -2.30. The number of hydrogen-bond donors (Lipinski definition) is 2. The molecule has 2 aromatic carbocycles. The van der Waals surface area contributed by atoms with Gasteiger partial charge in [-0.1, -0.05) is 36.4 Å². The van der Waals surface area contributed by atoms with Crippen molar-refractivity contribution in [2.45, 2.75) is 28.7 Å². The second-order valence-electron chi connectivity index (χ2n) is 5.87. The van der Waals surface area contributed by atoms with E-state index in [0.29, 0.717) is 0 Å². The predicted molar refractivity (Wildman–Crippen MR) is 90.0 cm³/mol. The average Bonchev–Trinajstić information content (AvgIpc) is 3.38. The number of nitrogens with one attached hydrogen (secondary N) is 1. The Morgan fingerprint density at radius 1 is 0.917 bits per heavy atom. The third-order valence-corrected chi connectivity index (χ3v) is 6.33. The van der Waals surface area contributed by atoms with E-state index in [0.717, 1.165) is 24.5 Å². The van der Waals surface area contributed by atoms with Crippen LogP contribution in [0.1, 0.15) is 24.4 Å². The Balaban J connectivity index is 1.93. The first-order valence-corrected chi connectivity index (χ1v) is 10.5. The zero-order chi connectivity index (χ0) is 17.4. The maximum atomic E-state index is 12.7. The van der Waals surface area contributed by atoms with E-state index >= 15 is 0 Å². The van der Waals surface area contributed by atoms with Crippen molar-refractivity contribution in [1.82, 2.24) is 4.72 Å². The van der Waals surface area contributed by atoms with Crippen molar-refractivity contribution < 1.29 is 16.8 Å². The van der Waals surface area contributed by atoms with E-state index in [9.17, 15) is 16.8 Å². The predicted octanol–water partition coefficient (Wildman–Crippen LogP) is 1.76. The van der Waals surface area contributed by atoms with Crippen molar-refractivity contribution in [3.8, 4) is 0 Å². The van der Waals surface area contributed by atoms with Gasteiger partial charge >= 0.3 is 0 Å². The van der Waals surface area contributed by atoms with E-state index in [-0.39, 0.29) is 21.8 Å². The lowest BCUT2D eigenvalue weighted by Gasteiger charge is -2.19. The summed E-state index contributed by atoms with van der Waals surface area (Å²) in [6.45, 7) is 0. The summed E-state index contributed by atoms with van der Waals surface area (Å²) in [5.74, 6) is 0.253. The van der Waals surface area contributed by atoms with Crippen LogP contribution in [0.15, 0.2) is 64.4 Å². The molecule has 3 rings (SSSR count). The van der Waals surface area contributed by atoms with Crippen molar-refractivity contribution in [2.24, 2.45) is 11.1 Å². The first kappa shape index (κ1) is 17.1. The van der Waals surface area contributed by atoms with Crippen LogP contribution in [0.4, 0.5) is 0 Å². The largest absolute Gasteiger partial charge is 0.241 e. The Labute approximate surface area is 141 Å². The van der Waals surface area contributed by atoms with Gasteiger partial charge in [-0.15, -0.1) is 0 Å². The molecule has 3 N–H and O–H groups in total. The molecule has 0 aliphatic heterocycles. The molecule has 1 saturated carbocycles. The van der Waals surface area contributed by atoms with Crippen LogP contribution < -0.4 is 9.86 Å². The molecule has 8 heteroatoms. The van der Waals surface area contributed by atoms with Crippen LogP contribution in [0.5, 0.6) is 0 Å². The first-order valence-electron chi connectivity index (χ1n) is 7.47. The smallest absolute Gasteiger partial charge is 0.225 e. The van der Waals surface area contributed by atoms with Gasteiger partial charge in [-0.3, -0.25) is 0 Å². The Morgan fingerprint density at radius 2 is 1.54 bits per heavy atom. The molecule has 1 atom stereocenters. The standard InChI is InChI=1S/C16H18N2O4S2/c17-23(19,20)14-7-4-8-15(11-14)24(21,22)18-16(13-9-10-13)12-5-2-1-3-6-12/h1-8,11,13,16,18H,9-10H2,(H2,17,19,20)/t16-/m1/s1. The maximum absolute atomic E-state index is 12.7. The molecular weight excluding hydrogens is 348 g/mol. The van der Waals surface area contributed by atoms with E-state index in [1.54, 1.807) is 0 Å². The van der Waals surface area contributed by atoms with Crippen LogP contribution in [-0.4, -0.2) is 16.8 Å². The van der Waals surface area contributed by atoms with E-state index < -0.39 is 20.0 Å². The minimum absolute atomic E-state index is 0.115. The summed E-state index contributed by atoms with van der Waals surface area (Å²) in [5, 5.41) is 5.08. The van der Waals surface area contributed by atoms with Crippen molar-refractivity contribution >= 4 is 20.0 Å². The fraction of sp³-hybridized carbons (Fsp3) is 0.250. The van der Waals surface area contributed by atoms with E-state index in [2.05, 4.69) is 4.72 Å². The molecule has 0 amide bonds. The van der Waals surface area contributed by atoms with Gasteiger partial charge in [0.25, 0.3) is 0 Å². The highest BCUT2D eigenvalue weighted by atomic mass is 32.2. The van der Waals surface area contributed by atoms with Crippen molar-refractivity contribution in [3.63, 3.8) is 0 Å². The van der Waals surface area contributed by atoms with E-state index in [1.165, 1.54) is 18.2 Å². The van der Waals surface area contributed by atoms with Gasteiger partial charge in [-0.05, 0) is 42.5 Å². The molecule has 0 heterocycles. The molecule has 0 unspecified atom stereocenters. The van der Waals surface area contributed by atoms with E-state index in [4.69, 9.17) is 5.14 Å². The third-order valence-electron chi connectivity index (χ3n) is 3.98. The number of sulfonamides is 2. The lowest BCUT2D eigenvalue weighted by molar-refractivity contribution is 0.529. The van der Waals surface area contributed by atoms with E-state index in [1.807, 2.05) is 30.3 Å². The van der Waals surface area contributed by atoms with Gasteiger partial charge in [0.05, 0.1) is 9.79 Å². The fourth-order valence-electron chi connectivity index (χ4n) is 2.58. The Bertz CT molecular complexity index is 937. The normalized spacial score (nSPS) is 16.7. The topological polar surface area (TPSA) is 106 Å². The molecule has 0 aromatic heterocycles. The highest BCUT2D eigenvalue weighted by Crippen LogP contribution is 2.41. The molecule has 1 fully saturated rings. The Hall–Kier alpha value is -1.74. The molecule has 128 valence electrons. The van der Waals surface area contributed by atoms with Gasteiger partial charge < -0.3 is 0 Å². The van der Waals surface area contributed by atoms with Crippen molar-refractivity contribution in [3.05, 3.63) is 60.2 Å². The number of rotatable bonds is 6. The zero-order valence-electron chi connectivity index (χ0n) is 12.8. The maximum Gasteiger partial charge on any atom is 0.241 e. The zero-order valence-corrected chi connectivity index (χ0v) is 14.4. The summed E-state index contributed by atoms with van der Waals surface area (Å²) in [7, 11) is -7.83. The van der Waals surface area contributed by atoms with Gasteiger partial charge in [-0.25, -0.2) is 26.7 Å². The molecule has 0 spiro atoms. The molecule has 1 aliphatic rings. The number of hydrogen-bond acceptors (Lipinski definition) is 4. The molecule has 1 aliphatic carbocycles. The highest BCUT2D eigenvalue weighted by Gasteiger charge is 2.35. The summed E-state index contributed by atoms with van der Waals surface area (Å²) < 4.78 is 50.9. The Morgan fingerprint density at radius 3 is 2.12 bits per heavy atom. The molecule has 0 radical (unpaired) electrons. The monoisotopic (exact) mass is 366 g/mol. The van der Waals surface area contributed by atoms with Crippen LogP contribution >= 0.6 is 0 Å². The molecule has 2 aromatic rings. The summed E-state index contributed by atoms with van der Waals surface area (Å²) in [6.07, 6.45) is 1.92. The molecular formula is C16H18N2O4S2. The van der Waals surface area contributed by atoms with Crippen LogP contribution in [0.25, 0.3) is 0 Å². The second kappa shape index (κ2) is 6.29. The van der Waals surface area contributed by atoms with Crippen molar-refractivity contribution in [1.29, 1.82) is 0 Å². The van der Waals surface area contributed by atoms with Crippen LogP contribution in [-0.2, 0) is 20.0 Å². The van der Waals surface area contributed by atoms with Gasteiger partial charge in [0, 0.05) is 6.04 Å². The average molecular weight is 366 g/mol.